The summed E-state index contributed by atoms with van der Waals surface area (Å²) in [5.74, 6) is 0. The molecule has 0 aliphatic heterocycles. The van der Waals surface area contributed by atoms with Crippen molar-refractivity contribution >= 4 is 22.8 Å². The Morgan fingerprint density at radius 2 is 2.05 bits per heavy atom. The number of nitrogens with zero attached hydrogens (tertiary/aromatic N) is 1. The number of halogens is 3. The number of hydrogen-bond donors (Lipinski definition) is 2. The number of fused-ring (bicyclic) bond motifs is 1. The average molecular weight is 289 g/mol. The van der Waals surface area contributed by atoms with Crippen LogP contribution >= 0.6 is 11.8 Å². The summed E-state index contributed by atoms with van der Waals surface area (Å²) in [7, 11) is 0. The molecule has 2 atom stereocenters. The lowest BCUT2D eigenvalue weighted by molar-refractivity contribution is -0.132. The summed E-state index contributed by atoms with van der Waals surface area (Å²) in [6, 6.07) is 6.16. The van der Waals surface area contributed by atoms with Crippen molar-refractivity contribution in [1.29, 1.82) is 0 Å². The second-order valence-electron chi connectivity index (χ2n) is 4.21. The number of benzene rings is 1. The molecule has 0 radical (unpaired) electrons. The summed E-state index contributed by atoms with van der Waals surface area (Å²) >= 11 is 0.637. The number of alkyl halides is 3. The molecule has 1 aromatic carbocycles. The second kappa shape index (κ2) is 5.42. The van der Waals surface area contributed by atoms with E-state index >= 15 is 0 Å². The van der Waals surface area contributed by atoms with Gasteiger partial charge in [0.1, 0.15) is 5.25 Å². The molecule has 104 valence electrons. The molecular formula is C12H14F3N3S. The molecule has 19 heavy (non-hydrogen) atoms. The van der Waals surface area contributed by atoms with E-state index in [-0.39, 0.29) is 11.6 Å². The Hall–Kier alpha value is -1.21. The van der Waals surface area contributed by atoms with Crippen molar-refractivity contribution in [3.05, 3.63) is 24.3 Å². The number of para-hydroxylation sites is 2. The van der Waals surface area contributed by atoms with E-state index in [9.17, 15) is 13.2 Å². The largest absolute Gasteiger partial charge is 0.402 e. The van der Waals surface area contributed by atoms with E-state index < -0.39 is 17.5 Å². The Bertz CT molecular complexity index is 519. The van der Waals surface area contributed by atoms with E-state index in [2.05, 4.69) is 9.97 Å². The molecule has 0 aliphatic carbocycles. The fourth-order valence-corrected chi connectivity index (χ4v) is 2.78. The van der Waals surface area contributed by atoms with Gasteiger partial charge in [0, 0.05) is 6.04 Å². The normalized spacial score (nSPS) is 15.6. The van der Waals surface area contributed by atoms with Crippen LogP contribution in [0.5, 0.6) is 0 Å². The lowest BCUT2D eigenvalue weighted by Gasteiger charge is -2.23. The lowest BCUT2D eigenvalue weighted by atomic mass is 10.1. The van der Waals surface area contributed by atoms with E-state index in [4.69, 9.17) is 5.73 Å². The van der Waals surface area contributed by atoms with Crippen LogP contribution in [0.1, 0.15) is 13.3 Å². The van der Waals surface area contributed by atoms with Gasteiger partial charge in [-0.25, -0.2) is 4.98 Å². The minimum atomic E-state index is -4.35. The van der Waals surface area contributed by atoms with Crippen molar-refractivity contribution in [2.24, 2.45) is 5.73 Å². The molecule has 1 aromatic heterocycles. The van der Waals surface area contributed by atoms with Gasteiger partial charge < -0.3 is 10.7 Å². The highest BCUT2D eigenvalue weighted by molar-refractivity contribution is 7.99. The number of rotatable bonds is 4. The van der Waals surface area contributed by atoms with E-state index in [1.807, 2.05) is 0 Å². The van der Waals surface area contributed by atoms with Crippen LogP contribution in [-0.4, -0.2) is 27.4 Å². The lowest BCUT2D eigenvalue weighted by Crippen LogP contribution is -2.42. The number of imidazole rings is 1. The minimum absolute atomic E-state index is 0.243. The monoisotopic (exact) mass is 289 g/mol. The smallest absolute Gasteiger partial charge is 0.333 e. The average Bonchev–Trinajstić information content (AvgIpc) is 2.76. The predicted octanol–water partition coefficient (Wildman–Crippen LogP) is 3.32. The summed E-state index contributed by atoms with van der Waals surface area (Å²) in [4.78, 5) is 7.01. The van der Waals surface area contributed by atoms with E-state index in [1.54, 1.807) is 31.2 Å². The summed E-state index contributed by atoms with van der Waals surface area (Å²) in [6.45, 7) is 1.64. The molecule has 3 N–H and O–H groups in total. The maximum absolute atomic E-state index is 13.0. The Kier molecular flexibility index (Phi) is 4.05. The number of thioether (sulfide) groups is 1. The molecule has 2 unspecified atom stereocenters. The van der Waals surface area contributed by atoms with Crippen LogP contribution in [0.3, 0.4) is 0 Å². The first-order valence-corrected chi connectivity index (χ1v) is 6.73. The Labute approximate surface area is 112 Å². The fourth-order valence-electron chi connectivity index (χ4n) is 1.72. The van der Waals surface area contributed by atoms with Gasteiger partial charge in [0.05, 0.1) is 11.0 Å². The molecule has 1 heterocycles. The molecular weight excluding hydrogens is 275 g/mol. The zero-order chi connectivity index (χ0) is 14.0. The molecule has 0 bridgehead atoms. The molecule has 7 heteroatoms. The highest BCUT2D eigenvalue weighted by Crippen LogP contribution is 2.36. The zero-order valence-electron chi connectivity index (χ0n) is 10.2. The Morgan fingerprint density at radius 1 is 1.37 bits per heavy atom. The second-order valence-corrected chi connectivity index (χ2v) is 5.34. The number of aromatic nitrogens is 2. The first-order valence-electron chi connectivity index (χ1n) is 5.85. The summed E-state index contributed by atoms with van der Waals surface area (Å²) in [5, 5.41) is -1.41. The third-order valence-corrected chi connectivity index (χ3v) is 4.08. The number of aromatic amines is 1. The van der Waals surface area contributed by atoms with Gasteiger partial charge in [-0.05, 0) is 18.6 Å². The van der Waals surface area contributed by atoms with Crippen molar-refractivity contribution in [1.82, 2.24) is 9.97 Å². The van der Waals surface area contributed by atoms with Crippen molar-refractivity contribution in [3.8, 4) is 0 Å². The third-order valence-electron chi connectivity index (χ3n) is 2.79. The minimum Gasteiger partial charge on any atom is -0.333 e. The third kappa shape index (κ3) is 3.22. The standard InChI is InChI=1S/C12H14F3N3S/c1-2-7(16)10(12(13,14)15)19-11-17-8-5-3-4-6-9(8)18-11/h3-7,10H,2,16H2,1H3,(H,17,18). The van der Waals surface area contributed by atoms with E-state index in [0.29, 0.717) is 17.3 Å². The van der Waals surface area contributed by atoms with Crippen molar-refractivity contribution in [3.63, 3.8) is 0 Å². The SMILES string of the molecule is CCC(N)C(Sc1nc2ccccc2[nH]1)C(F)(F)F. The Balaban J connectivity index is 2.25. The molecule has 0 fully saturated rings. The molecule has 0 aliphatic rings. The highest BCUT2D eigenvalue weighted by atomic mass is 32.2. The van der Waals surface area contributed by atoms with Gasteiger partial charge in [-0.2, -0.15) is 13.2 Å². The van der Waals surface area contributed by atoms with Gasteiger partial charge in [0.15, 0.2) is 5.16 Å². The van der Waals surface area contributed by atoms with Crippen LogP contribution in [0.25, 0.3) is 11.0 Å². The number of nitrogens with two attached hydrogens (primary N) is 1. The van der Waals surface area contributed by atoms with E-state index in [1.165, 1.54) is 0 Å². The Morgan fingerprint density at radius 3 is 2.63 bits per heavy atom. The number of H-pyrrole nitrogens is 1. The van der Waals surface area contributed by atoms with Gasteiger partial charge >= 0.3 is 6.18 Å². The van der Waals surface area contributed by atoms with E-state index in [0.717, 1.165) is 5.52 Å². The predicted molar refractivity (Wildman–Crippen MR) is 70.1 cm³/mol. The van der Waals surface area contributed by atoms with Crippen LogP contribution in [0, 0.1) is 0 Å². The summed E-state index contributed by atoms with van der Waals surface area (Å²) in [6.07, 6.45) is -4.09. The molecule has 0 spiro atoms. The molecule has 2 aromatic rings. The molecule has 0 saturated carbocycles. The van der Waals surface area contributed by atoms with Crippen LogP contribution < -0.4 is 5.73 Å². The van der Waals surface area contributed by atoms with Crippen LogP contribution in [-0.2, 0) is 0 Å². The van der Waals surface area contributed by atoms with Crippen LogP contribution in [0.15, 0.2) is 29.4 Å². The fraction of sp³-hybridized carbons (Fsp3) is 0.417. The van der Waals surface area contributed by atoms with Crippen LogP contribution in [0.2, 0.25) is 0 Å². The van der Waals surface area contributed by atoms with Gasteiger partial charge in [-0.1, -0.05) is 30.8 Å². The molecule has 2 rings (SSSR count). The number of nitrogens with one attached hydrogen (secondary N) is 1. The van der Waals surface area contributed by atoms with Crippen molar-refractivity contribution < 1.29 is 13.2 Å². The van der Waals surface area contributed by atoms with Crippen LogP contribution in [0.4, 0.5) is 13.2 Å². The number of hydrogen-bond acceptors (Lipinski definition) is 3. The van der Waals surface area contributed by atoms with Crippen molar-refractivity contribution in [2.75, 3.05) is 0 Å². The molecule has 0 saturated heterocycles. The van der Waals surface area contributed by atoms with Gasteiger partial charge in [0.25, 0.3) is 0 Å². The first kappa shape index (κ1) is 14.2. The summed E-state index contributed by atoms with van der Waals surface area (Å²) < 4.78 is 38.9. The maximum atomic E-state index is 13.0. The van der Waals surface area contributed by atoms with Gasteiger partial charge in [0.2, 0.25) is 0 Å². The summed E-state index contributed by atoms with van der Waals surface area (Å²) in [5.41, 5.74) is 6.93. The molecule has 3 nitrogen and oxygen atoms in total. The van der Waals surface area contributed by atoms with Gasteiger partial charge in [-0.15, -0.1) is 0 Å². The zero-order valence-corrected chi connectivity index (χ0v) is 11.1. The maximum Gasteiger partial charge on any atom is 0.402 e. The first-order chi connectivity index (χ1) is 8.91. The highest BCUT2D eigenvalue weighted by Gasteiger charge is 2.44. The topological polar surface area (TPSA) is 54.7 Å². The molecule has 0 amide bonds. The quantitative estimate of drug-likeness (QED) is 0.849. The van der Waals surface area contributed by atoms with Gasteiger partial charge in [-0.3, -0.25) is 0 Å². The van der Waals surface area contributed by atoms with Crippen molar-refractivity contribution in [2.45, 2.75) is 36.0 Å².